The number of halogens is 1. The van der Waals surface area contributed by atoms with Gasteiger partial charge in [0, 0.05) is 32.1 Å². The summed E-state index contributed by atoms with van der Waals surface area (Å²) in [6.45, 7) is 6.17. The van der Waals surface area contributed by atoms with Gasteiger partial charge in [-0.3, -0.25) is 4.79 Å². The number of morpholine rings is 1. The van der Waals surface area contributed by atoms with Gasteiger partial charge in [-0.2, -0.15) is 0 Å². The molecular weight excluding hydrogens is 240 g/mol. The fourth-order valence-corrected chi connectivity index (χ4v) is 2.11. The zero-order chi connectivity index (χ0) is 11.4. The van der Waals surface area contributed by atoms with E-state index < -0.39 is 0 Å². The predicted octanol–water partition coefficient (Wildman–Crippen LogP) is 1.05. The highest BCUT2D eigenvalue weighted by atomic mass is 35.5. The van der Waals surface area contributed by atoms with Crippen molar-refractivity contribution in [3.05, 3.63) is 0 Å². The zero-order valence-electron chi connectivity index (χ0n) is 10.5. The molecule has 0 aromatic carbocycles. The molecule has 0 bridgehead atoms. The van der Waals surface area contributed by atoms with Gasteiger partial charge in [-0.25, -0.2) is 0 Å². The minimum Gasteiger partial charge on any atom is -0.378 e. The van der Waals surface area contributed by atoms with Gasteiger partial charge in [-0.15, -0.1) is 12.4 Å². The van der Waals surface area contributed by atoms with Crippen molar-refractivity contribution in [2.75, 3.05) is 32.8 Å². The molecule has 1 atom stereocenters. The lowest BCUT2D eigenvalue weighted by Crippen LogP contribution is -2.45. The van der Waals surface area contributed by atoms with Crippen molar-refractivity contribution in [3.63, 3.8) is 0 Å². The van der Waals surface area contributed by atoms with Crippen LogP contribution >= 0.6 is 12.4 Å². The fourth-order valence-electron chi connectivity index (χ4n) is 2.11. The molecule has 1 aliphatic carbocycles. The van der Waals surface area contributed by atoms with Crippen molar-refractivity contribution in [2.45, 2.75) is 32.2 Å². The number of rotatable bonds is 5. The van der Waals surface area contributed by atoms with Gasteiger partial charge in [-0.1, -0.05) is 0 Å². The molecule has 0 spiro atoms. The third-order valence-corrected chi connectivity index (χ3v) is 3.33. The van der Waals surface area contributed by atoms with Gasteiger partial charge < -0.3 is 15.0 Å². The molecule has 2 fully saturated rings. The maximum atomic E-state index is 12.0. The quantitative estimate of drug-likeness (QED) is 0.805. The molecular formula is C12H23ClN2O2. The topological polar surface area (TPSA) is 41.6 Å². The second-order valence-electron chi connectivity index (χ2n) is 4.81. The first kappa shape index (κ1) is 14.7. The molecule has 1 amide bonds. The summed E-state index contributed by atoms with van der Waals surface area (Å²) >= 11 is 0. The third-order valence-electron chi connectivity index (χ3n) is 3.33. The molecule has 2 aliphatic rings. The Hall–Kier alpha value is -0.320. The van der Waals surface area contributed by atoms with Crippen molar-refractivity contribution in [2.24, 2.45) is 5.92 Å². The van der Waals surface area contributed by atoms with Crippen LogP contribution in [0.4, 0.5) is 0 Å². The third kappa shape index (κ3) is 4.82. The highest BCUT2D eigenvalue weighted by Crippen LogP contribution is 2.29. The van der Waals surface area contributed by atoms with Crippen LogP contribution < -0.4 is 5.32 Å². The van der Waals surface area contributed by atoms with E-state index in [-0.39, 0.29) is 24.4 Å². The molecule has 5 heteroatoms. The van der Waals surface area contributed by atoms with E-state index in [4.69, 9.17) is 4.74 Å². The molecule has 1 heterocycles. The van der Waals surface area contributed by atoms with E-state index in [9.17, 15) is 4.79 Å². The molecule has 1 aliphatic heterocycles. The summed E-state index contributed by atoms with van der Waals surface area (Å²) in [4.78, 5) is 14.0. The van der Waals surface area contributed by atoms with Crippen LogP contribution in [0, 0.1) is 5.92 Å². The van der Waals surface area contributed by atoms with Crippen LogP contribution in [0.15, 0.2) is 0 Å². The molecule has 0 aromatic heterocycles. The van der Waals surface area contributed by atoms with E-state index in [0.29, 0.717) is 13.0 Å². The van der Waals surface area contributed by atoms with Crippen LogP contribution in [-0.4, -0.2) is 49.7 Å². The van der Waals surface area contributed by atoms with Crippen molar-refractivity contribution >= 4 is 18.3 Å². The molecule has 2 rings (SSSR count). The normalized spacial score (nSPS) is 23.9. The number of nitrogens with one attached hydrogen (secondary N) is 1. The lowest BCUT2D eigenvalue weighted by atomic mass is 10.1. The van der Waals surface area contributed by atoms with E-state index in [2.05, 4.69) is 12.2 Å². The van der Waals surface area contributed by atoms with E-state index in [1.165, 1.54) is 12.8 Å². The van der Waals surface area contributed by atoms with Crippen molar-refractivity contribution in [1.29, 1.82) is 0 Å². The minimum atomic E-state index is 0. The Morgan fingerprint density at radius 3 is 2.76 bits per heavy atom. The number of amides is 1. The number of nitrogens with zero attached hydrogens (tertiary/aromatic N) is 1. The van der Waals surface area contributed by atoms with Crippen LogP contribution in [0.1, 0.15) is 26.2 Å². The number of carbonyl (C=O) groups is 1. The van der Waals surface area contributed by atoms with E-state index >= 15 is 0 Å². The molecule has 0 radical (unpaired) electrons. The second kappa shape index (κ2) is 7.19. The maximum Gasteiger partial charge on any atom is 0.224 e. The number of carbonyl (C=O) groups excluding carboxylic acids is 1. The lowest BCUT2D eigenvalue weighted by molar-refractivity contribution is -0.132. The second-order valence-corrected chi connectivity index (χ2v) is 4.81. The Morgan fingerprint density at radius 2 is 2.24 bits per heavy atom. The van der Waals surface area contributed by atoms with Gasteiger partial charge in [0.15, 0.2) is 0 Å². The fraction of sp³-hybridized carbons (Fsp3) is 0.917. The summed E-state index contributed by atoms with van der Waals surface area (Å²) in [5.41, 5.74) is 0. The number of hydrogen-bond donors (Lipinski definition) is 1. The largest absolute Gasteiger partial charge is 0.378 e. The summed E-state index contributed by atoms with van der Waals surface area (Å²) in [6, 6.07) is 0.217. The monoisotopic (exact) mass is 262 g/mol. The van der Waals surface area contributed by atoms with Crippen LogP contribution in [0.2, 0.25) is 0 Å². The smallest absolute Gasteiger partial charge is 0.224 e. The first-order chi connectivity index (χ1) is 7.79. The SMILES string of the molecule is CCN(CC1CC1)C(=O)CC1COCCN1.Cl. The highest BCUT2D eigenvalue weighted by Gasteiger charge is 2.27. The van der Waals surface area contributed by atoms with Gasteiger partial charge in [0.2, 0.25) is 5.91 Å². The minimum absolute atomic E-state index is 0. The van der Waals surface area contributed by atoms with Crippen LogP contribution in [0.3, 0.4) is 0 Å². The first-order valence-electron chi connectivity index (χ1n) is 6.38. The number of ether oxygens (including phenoxy) is 1. The van der Waals surface area contributed by atoms with Gasteiger partial charge in [0.25, 0.3) is 0 Å². The molecule has 4 nitrogen and oxygen atoms in total. The Balaban J connectivity index is 0.00000144. The van der Waals surface area contributed by atoms with Gasteiger partial charge in [0.05, 0.1) is 13.2 Å². The average Bonchev–Trinajstić information content (AvgIpc) is 3.11. The standard InChI is InChI=1S/C12H22N2O2.ClH/c1-2-14(8-10-3-4-10)12(15)7-11-9-16-6-5-13-11;/h10-11,13H,2-9H2,1H3;1H. The predicted molar refractivity (Wildman–Crippen MR) is 69.5 cm³/mol. The van der Waals surface area contributed by atoms with Crippen LogP contribution in [0.25, 0.3) is 0 Å². The Bertz CT molecular complexity index is 241. The van der Waals surface area contributed by atoms with Crippen molar-refractivity contribution in [1.82, 2.24) is 10.2 Å². The summed E-state index contributed by atoms with van der Waals surface area (Å²) < 4.78 is 5.36. The Morgan fingerprint density at radius 1 is 1.47 bits per heavy atom. The van der Waals surface area contributed by atoms with Crippen LogP contribution in [-0.2, 0) is 9.53 Å². The molecule has 1 unspecified atom stereocenters. The summed E-state index contributed by atoms with van der Waals surface area (Å²) in [7, 11) is 0. The van der Waals surface area contributed by atoms with Crippen LogP contribution in [0.5, 0.6) is 0 Å². The van der Waals surface area contributed by atoms with Gasteiger partial charge in [-0.05, 0) is 25.7 Å². The summed E-state index contributed by atoms with van der Waals surface area (Å²) in [5, 5.41) is 3.33. The van der Waals surface area contributed by atoms with Gasteiger partial charge in [0.1, 0.15) is 0 Å². The summed E-state index contributed by atoms with van der Waals surface area (Å²) in [5.74, 6) is 1.05. The molecule has 1 saturated heterocycles. The highest BCUT2D eigenvalue weighted by molar-refractivity contribution is 5.85. The van der Waals surface area contributed by atoms with E-state index in [1.54, 1.807) is 0 Å². The summed E-state index contributed by atoms with van der Waals surface area (Å²) in [6.07, 6.45) is 3.18. The Kier molecular flexibility index (Phi) is 6.23. The molecule has 0 aromatic rings. The Labute approximate surface area is 109 Å². The van der Waals surface area contributed by atoms with Gasteiger partial charge >= 0.3 is 0 Å². The maximum absolute atomic E-state index is 12.0. The van der Waals surface area contributed by atoms with E-state index in [1.807, 2.05) is 4.90 Å². The number of hydrogen-bond acceptors (Lipinski definition) is 3. The zero-order valence-corrected chi connectivity index (χ0v) is 11.3. The molecule has 17 heavy (non-hydrogen) atoms. The van der Waals surface area contributed by atoms with E-state index in [0.717, 1.165) is 32.2 Å². The average molecular weight is 263 g/mol. The molecule has 100 valence electrons. The molecule has 1 N–H and O–H groups in total. The van der Waals surface area contributed by atoms with Crippen molar-refractivity contribution < 1.29 is 9.53 Å². The first-order valence-corrected chi connectivity index (χ1v) is 6.38. The lowest BCUT2D eigenvalue weighted by Gasteiger charge is -2.27. The molecule has 1 saturated carbocycles. The van der Waals surface area contributed by atoms with Crippen molar-refractivity contribution in [3.8, 4) is 0 Å².